The van der Waals surface area contributed by atoms with Crippen LogP contribution in [0.3, 0.4) is 0 Å². The molecular weight excluding hydrogens is 705 g/mol. The van der Waals surface area contributed by atoms with Gasteiger partial charge in [-0.2, -0.15) is 57.1 Å². The Hall–Kier alpha value is -3.97. The summed E-state index contributed by atoms with van der Waals surface area (Å²) in [6.07, 6.45) is -10.9. The van der Waals surface area contributed by atoms with E-state index in [9.17, 15) is 71.8 Å². The minimum absolute atomic E-state index is 0.0778. The predicted molar refractivity (Wildman–Crippen MR) is 143 cm³/mol. The van der Waals surface area contributed by atoms with E-state index in [4.69, 9.17) is 14.2 Å². The summed E-state index contributed by atoms with van der Waals surface area (Å²) < 4.78 is 192. The maximum atomic E-state index is 14.7. The largest absolute Gasteiger partial charge is 0.492 e. The van der Waals surface area contributed by atoms with Gasteiger partial charge in [0.05, 0.1) is 19.7 Å². The first-order valence-electron chi connectivity index (χ1n) is 13.9. The molecule has 0 saturated heterocycles. The van der Waals surface area contributed by atoms with Gasteiger partial charge >= 0.3 is 47.9 Å². The summed E-state index contributed by atoms with van der Waals surface area (Å²) in [5.74, 6) is -39.5. The summed E-state index contributed by atoms with van der Waals surface area (Å²) >= 11 is 0. The highest BCUT2D eigenvalue weighted by molar-refractivity contribution is 5.72. The van der Waals surface area contributed by atoms with E-state index in [0.717, 1.165) is 0 Å². The first-order valence-corrected chi connectivity index (χ1v) is 13.9. The highest BCUT2D eigenvalue weighted by Gasteiger charge is 2.90. The maximum Gasteiger partial charge on any atom is 0.460 e. The van der Waals surface area contributed by atoms with E-state index in [0.29, 0.717) is 11.1 Å². The van der Waals surface area contributed by atoms with Gasteiger partial charge in [-0.1, -0.05) is 42.5 Å². The number of hydrogen-bond acceptors (Lipinski definition) is 5. The molecule has 276 valence electrons. The Balaban J connectivity index is 2.28. The van der Waals surface area contributed by atoms with E-state index in [2.05, 4.69) is 0 Å². The first-order chi connectivity index (χ1) is 22.4. The molecule has 2 aromatic carbocycles. The number of aliphatic carboxylic acids is 1. The third-order valence-corrected chi connectivity index (χ3v) is 6.72. The Morgan fingerprint density at radius 3 is 1.80 bits per heavy atom. The summed E-state index contributed by atoms with van der Waals surface area (Å²) in [5, 5.41) is 9.18. The summed E-state index contributed by atoms with van der Waals surface area (Å²) in [7, 11) is 0. The lowest BCUT2D eigenvalue weighted by molar-refractivity contribution is -0.440. The maximum absolute atomic E-state index is 14.7. The molecule has 1 amide bonds. The number of rotatable bonds is 18. The lowest BCUT2D eigenvalue weighted by Crippen LogP contribution is -2.71. The minimum Gasteiger partial charge on any atom is -0.492 e. The zero-order valence-corrected chi connectivity index (χ0v) is 25.1. The number of alkyl halides is 13. The minimum atomic E-state index is -8.09. The molecule has 1 N–H and O–H groups in total. The first kappa shape index (κ1) is 41.2. The SMILES string of the molecule is CCOC(Cc1ccc(OCCN(CC(F)(F)C(F)(F)C(F)(F)C(F)(F)C(F)(F)C(F)(F)F)C(=O)OCCc2ccccc2)cc1)C(=O)O. The third kappa shape index (κ3) is 9.39. The number of amides is 1. The molecule has 0 aliphatic heterocycles. The molecule has 0 aliphatic carbocycles. The number of halogens is 13. The fraction of sp³-hybridized carbons (Fsp3) is 0.517. The molecule has 0 bridgehead atoms. The molecule has 0 aromatic heterocycles. The third-order valence-electron chi connectivity index (χ3n) is 6.72. The Labute approximate surface area is 269 Å². The van der Waals surface area contributed by atoms with Crippen LogP contribution in [0.5, 0.6) is 5.75 Å². The fourth-order valence-electron chi connectivity index (χ4n) is 4.00. The van der Waals surface area contributed by atoms with Crippen molar-refractivity contribution < 1.29 is 86.0 Å². The zero-order valence-electron chi connectivity index (χ0n) is 25.1. The molecule has 1 unspecified atom stereocenters. The van der Waals surface area contributed by atoms with Crippen molar-refractivity contribution in [2.45, 2.75) is 61.7 Å². The van der Waals surface area contributed by atoms with Gasteiger partial charge in [-0.3, -0.25) is 4.90 Å². The van der Waals surface area contributed by atoms with Crippen LogP contribution in [0, 0.1) is 0 Å². The van der Waals surface area contributed by atoms with E-state index in [1.54, 1.807) is 25.1 Å². The van der Waals surface area contributed by atoms with Gasteiger partial charge in [-0.15, -0.1) is 0 Å². The normalized spacial score (nSPS) is 13.9. The van der Waals surface area contributed by atoms with Gasteiger partial charge in [-0.25, -0.2) is 9.59 Å². The van der Waals surface area contributed by atoms with Crippen LogP contribution in [0.25, 0.3) is 0 Å². The Morgan fingerprint density at radius 1 is 0.735 bits per heavy atom. The zero-order chi connectivity index (χ0) is 37.5. The number of ether oxygens (including phenoxy) is 3. The van der Waals surface area contributed by atoms with E-state index >= 15 is 0 Å². The van der Waals surface area contributed by atoms with Crippen LogP contribution in [-0.4, -0.2) is 96.9 Å². The van der Waals surface area contributed by atoms with Gasteiger partial charge in [-0.05, 0) is 30.2 Å². The molecule has 20 heteroatoms. The molecule has 0 heterocycles. The van der Waals surface area contributed by atoms with Crippen LogP contribution >= 0.6 is 0 Å². The molecule has 0 radical (unpaired) electrons. The van der Waals surface area contributed by atoms with Crippen molar-refractivity contribution in [1.82, 2.24) is 4.90 Å². The van der Waals surface area contributed by atoms with E-state index in [1.165, 1.54) is 36.4 Å². The summed E-state index contributed by atoms with van der Waals surface area (Å²) in [6, 6.07) is 12.9. The van der Waals surface area contributed by atoms with Gasteiger partial charge in [0.25, 0.3) is 0 Å². The van der Waals surface area contributed by atoms with Crippen LogP contribution in [0.2, 0.25) is 0 Å². The lowest BCUT2D eigenvalue weighted by Gasteiger charge is -2.40. The second-order valence-corrected chi connectivity index (χ2v) is 10.3. The Kier molecular flexibility index (Phi) is 13.2. The number of carboxylic acid groups (broad SMARTS) is 1. The van der Waals surface area contributed by atoms with Crippen molar-refractivity contribution >= 4 is 12.1 Å². The summed E-state index contributed by atoms with van der Waals surface area (Å²) in [5.41, 5.74) is 0.918. The van der Waals surface area contributed by atoms with Crippen LogP contribution in [0.4, 0.5) is 61.9 Å². The monoisotopic (exact) mass is 733 g/mol. The number of carbonyl (C=O) groups excluding carboxylic acids is 1. The fourth-order valence-corrected chi connectivity index (χ4v) is 4.00. The lowest BCUT2D eigenvalue weighted by atomic mass is 9.93. The molecule has 0 spiro atoms. The molecule has 1 atom stereocenters. The molecule has 7 nitrogen and oxygen atoms in total. The van der Waals surface area contributed by atoms with Gasteiger partial charge in [0.15, 0.2) is 6.10 Å². The van der Waals surface area contributed by atoms with Crippen LogP contribution in [0.15, 0.2) is 54.6 Å². The number of hydrogen-bond donors (Lipinski definition) is 1. The number of carbonyl (C=O) groups is 2. The predicted octanol–water partition coefficient (Wildman–Crippen LogP) is 7.52. The van der Waals surface area contributed by atoms with Crippen molar-refractivity contribution in [3.63, 3.8) is 0 Å². The van der Waals surface area contributed by atoms with Gasteiger partial charge in [0.1, 0.15) is 12.4 Å². The van der Waals surface area contributed by atoms with Crippen molar-refractivity contribution in [1.29, 1.82) is 0 Å². The van der Waals surface area contributed by atoms with Crippen LogP contribution in [-0.2, 0) is 27.1 Å². The Morgan fingerprint density at radius 2 is 1.29 bits per heavy atom. The highest BCUT2D eigenvalue weighted by Crippen LogP contribution is 2.60. The number of nitrogens with zero attached hydrogens (tertiary/aromatic N) is 1. The van der Waals surface area contributed by atoms with E-state index in [1.807, 2.05) is 0 Å². The second-order valence-electron chi connectivity index (χ2n) is 10.3. The average Bonchev–Trinajstić information content (AvgIpc) is 3.00. The van der Waals surface area contributed by atoms with Crippen molar-refractivity contribution in [2.24, 2.45) is 0 Å². The van der Waals surface area contributed by atoms with E-state index < -0.39 is 85.2 Å². The standard InChI is InChI=1S/C29H28F13NO6/c1-2-47-21(22(44)45)16-19-8-10-20(11-9-19)48-15-13-43(23(46)49-14-12-18-6-4-3-5-7-18)17-24(30,31)25(32,33)26(34,35)27(36,37)28(38,39)29(40,41)42/h3-11,21H,2,12-17H2,1H3,(H,44,45). The summed E-state index contributed by atoms with van der Waals surface area (Å²) in [4.78, 5) is 23.4. The van der Waals surface area contributed by atoms with Crippen LogP contribution in [0.1, 0.15) is 18.1 Å². The van der Waals surface area contributed by atoms with Gasteiger partial charge in [0.2, 0.25) is 0 Å². The Bertz CT molecular complexity index is 1370. The van der Waals surface area contributed by atoms with Crippen molar-refractivity contribution in [3.8, 4) is 5.75 Å². The molecular formula is C29H28F13NO6. The quantitative estimate of drug-likeness (QED) is 0.160. The highest BCUT2D eigenvalue weighted by atomic mass is 19.4. The van der Waals surface area contributed by atoms with Crippen molar-refractivity contribution in [2.75, 3.05) is 32.9 Å². The van der Waals surface area contributed by atoms with Crippen molar-refractivity contribution in [3.05, 3.63) is 65.7 Å². The molecule has 49 heavy (non-hydrogen) atoms. The topological polar surface area (TPSA) is 85.3 Å². The van der Waals surface area contributed by atoms with Gasteiger partial charge in [0, 0.05) is 19.4 Å². The van der Waals surface area contributed by atoms with Crippen LogP contribution < -0.4 is 4.74 Å². The number of carboxylic acids is 1. The number of benzene rings is 2. The summed E-state index contributed by atoms with van der Waals surface area (Å²) in [6.45, 7) is -4.04. The van der Waals surface area contributed by atoms with E-state index in [-0.39, 0.29) is 25.2 Å². The molecule has 0 aliphatic rings. The molecule has 0 fully saturated rings. The average molecular weight is 734 g/mol. The second kappa shape index (κ2) is 15.7. The molecule has 2 rings (SSSR count). The smallest absolute Gasteiger partial charge is 0.460 e. The molecule has 2 aromatic rings. The molecule has 0 saturated carbocycles. The van der Waals surface area contributed by atoms with Gasteiger partial charge < -0.3 is 19.3 Å².